The van der Waals surface area contributed by atoms with Crippen molar-refractivity contribution in [2.75, 3.05) is 18.9 Å². The lowest BCUT2D eigenvalue weighted by atomic mass is 10.4. The largest absolute Gasteiger partial charge is 0.310 e. The zero-order chi connectivity index (χ0) is 17.9. The van der Waals surface area contributed by atoms with Crippen molar-refractivity contribution in [3.05, 3.63) is 41.6 Å². The number of halogens is 1. The zero-order valence-electron chi connectivity index (χ0n) is 13.6. The molecule has 0 aliphatic carbocycles. The molecular formula is C15H19ClN4O3S. The van der Waals surface area contributed by atoms with Gasteiger partial charge in [0.25, 0.3) is 0 Å². The van der Waals surface area contributed by atoms with Crippen LogP contribution in [-0.2, 0) is 14.8 Å². The predicted molar refractivity (Wildman–Crippen MR) is 92.5 cm³/mol. The Morgan fingerprint density at radius 2 is 1.92 bits per heavy atom. The molecular weight excluding hydrogens is 352 g/mol. The second-order valence-corrected chi connectivity index (χ2v) is 8.00. The van der Waals surface area contributed by atoms with Crippen LogP contribution in [0.1, 0.15) is 19.9 Å². The van der Waals surface area contributed by atoms with Gasteiger partial charge in [-0.1, -0.05) is 11.6 Å². The van der Waals surface area contributed by atoms with Crippen molar-refractivity contribution in [2.24, 2.45) is 0 Å². The summed E-state index contributed by atoms with van der Waals surface area (Å²) in [5.74, 6) is 0.0738. The van der Waals surface area contributed by atoms with Crippen LogP contribution in [0.25, 0.3) is 0 Å². The Balaban J connectivity index is 2.08. The first kappa shape index (κ1) is 18.4. The highest BCUT2D eigenvalue weighted by Crippen LogP contribution is 2.18. The number of rotatable bonds is 6. The number of benzene rings is 1. The molecule has 130 valence electrons. The van der Waals surface area contributed by atoms with Crippen molar-refractivity contribution in [3.8, 4) is 0 Å². The number of sulfonamides is 1. The second-order valence-electron chi connectivity index (χ2n) is 5.52. The Bertz CT molecular complexity index is 815. The van der Waals surface area contributed by atoms with Gasteiger partial charge >= 0.3 is 0 Å². The summed E-state index contributed by atoms with van der Waals surface area (Å²) >= 11 is 5.76. The van der Waals surface area contributed by atoms with E-state index in [-0.39, 0.29) is 17.5 Å². The lowest BCUT2D eigenvalue weighted by Gasteiger charge is -2.17. The van der Waals surface area contributed by atoms with Crippen molar-refractivity contribution >= 4 is 33.3 Å². The zero-order valence-corrected chi connectivity index (χ0v) is 15.2. The number of nitrogens with zero attached hydrogens (tertiary/aromatic N) is 3. The molecule has 0 saturated carbocycles. The summed E-state index contributed by atoms with van der Waals surface area (Å²) in [6.07, 6.45) is 1.57. The molecule has 1 amide bonds. The van der Waals surface area contributed by atoms with E-state index in [1.807, 2.05) is 13.8 Å². The van der Waals surface area contributed by atoms with Crippen LogP contribution < -0.4 is 5.32 Å². The third-order valence-corrected chi connectivity index (χ3v) is 5.38. The molecule has 0 aliphatic heterocycles. The average Bonchev–Trinajstić information content (AvgIpc) is 2.95. The molecule has 9 heteroatoms. The van der Waals surface area contributed by atoms with Gasteiger partial charge in [0.2, 0.25) is 15.9 Å². The first-order chi connectivity index (χ1) is 11.2. The molecule has 0 unspecified atom stereocenters. The summed E-state index contributed by atoms with van der Waals surface area (Å²) in [7, 11) is -2.41. The number of likely N-dealkylation sites (N-methyl/N-ethyl adjacent to an activating group) is 1. The van der Waals surface area contributed by atoms with Gasteiger partial charge in [-0.25, -0.2) is 13.1 Å². The van der Waals surface area contributed by atoms with Crippen molar-refractivity contribution in [3.63, 3.8) is 0 Å². The molecule has 0 spiro atoms. The average molecular weight is 371 g/mol. The number of anilines is 1. The Labute approximate surface area is 146 Å². The van der Waals surface area contributed by atoms with E-state index >= 15 is 0 Å². The van der Waals surface area contributed by atoms with Crippen LogP contribution in [0.15, 0.2) is 41.4 Å². The fourth-order valence-corrected chi connectivity index (χ4v) is 3.33. The normalized spacial score (nSPS) is 11.9. The molecule has 7 nitrogen and oxygen atoms in total. The van der Waals surface area contributed by atoms with E-state index in [9.17, 15) is 13.2 Å². The number of nitrogens with one attached hydrogen (secondary N) is 1. The van der Waals surface area contributed by atoms with E-state index in [1.165, 1.54) is 31.3 Å². The topological polar surface area (TPSA) is 84.3 Å². The maximum Gasteiger partial charge on any atom is 0.243 e. The van der Waals surface area contributed by atoms with Gasteiger partial charge in [-0.2, -0.15) is 9.40 Å². The summed E-state index contributed by atoms with van der Waals surface area (Å²) < 4.78 is 27.5. The SMILES string of the molecule is CC(C)n1nccc1NC(=O)CN(C)S(=O)(=O)c1ccc(Cl)cc1. The van der Waals surface area contributed by atoms with Crippen LogP contribution in [-0.4, -0.2) is 42.0 Å². The quantitative estimate of drug-likeness (QED) is 0.846. The fourth-order valence-electron chi connectivity index (χ4n) is 2.08. The third kappa shape index (κ3) is 4.14. The predicted octanol–water partition coefficient (Wildman–Crippen LogP) is 2.38. The molecule has 2 rings (SSSR count). The first-order valence-corrected chi connectivity index (χ1v) is 9.09. The molecule has 1 N–H and O–H groups in total. The Kier molecular flexibility index (Phi) is 5.63. The number of amides is 1. The van der Waals surface area contributed by atoms with E-state index in [0.29, 0.717) is 10.8 Å². The van der Waals surface area contributed by atoms with Gasteiger partial charge in [0.1, 0.15) is 5.82 Å². The van der Waals surface area contributed by atoms with Gasteiger partial charge in [0.15, 0.2) is 0 Å². The van der Waals surface area contributed by atoms with Gasteiger partial charge in [0.05, 0.1) is 17.6 Å². The number of aromatic nitrogens is 2. The van der Waals surface area contributed by atoms with Crippen molar-refractivity contribution in [2.45, 2.75) is 24.8 Å². The summed E-state index contributed by atoms with van der Waals surface area (Å²) in [6.45, 7) is 3.55. The molecule has 0 aliphatic rings. The van der Waals surface area contributed by atoms with Crippen LogP contribution in [0.4, 0.5) is 5.82 Å². The summed E-state index contributed by atoms with van der Waals surface area (Å²) in [5.41, 5.74) is 0. The molecule has 0 fully saturated rings. The standard InChI is InChI=1S/C15H19ClN4O3S/c1-11(2)20-14(8-9-17-20)18-15(21)10-19(3)24(22,23)13-6-4-12(16)5-7-13/h4-9,11H,10H2,1-3H3,(H,18,21). The molecule has 0 atom stereocenters. The van der Waals surface area contributed by atoms with Crippen LogP contribution in [0.5, 0.6) is 0 Å². The van der Waals surface area contributed by atoms with Crippen LogP contribution in [0.3, 0.4) is 0 Å². The van der Waals surface area contributed by atoms with Crippen LogP contribution >= 0.6 is 11.6 Å². The van der Waals surface area contributed by atoms with Crippen LogP contribution in [0.2, 0.25) is 5.02 Å². The Morgan fingerprint density at radius 1 is 1.29 bits per heavy atom. The smallest absolute Gasteiger partial charge is 0.243 e. The summed E-state index contributed by atoms with van der Waals surface area (Å²) in [6, 6.07) is 7.52. The molecule has 2 aromatic rings. The first-order valence-electron chi connectivity index (χ1n) is 7.27. The minimum atomic E-state index is -3.76. The minimum absolute atomic E-state index is 0.0748. The fraction of sp³-hybridized carbons (Fsp3) is 0.333. The van der Waals surface area contributed by atoms with E-state index in [1.54, 1.807) is 16.9 Å². The van der Waals surface area contributed by atoms with Crippen molar-refractivity contribution in [1.29, 1.82) is 0 Å². The van der Waals surface area contributed by atoms with E-state index < -0.39 is 15.9 Å². The third-order valence-electron chi connectivity index (χ3n) is 3.32. The van der Waals surface area contributed by atoms with Gasteiger partial charge in [0, 0.05) is 24.2 Å². The lowest BCUT2D eigenvalue weighted by Crippen LogP contribution is -2.35. The second kappa shape index (κ2) is 7.33. The van der Waals surface area contributed by atoms with Gasteiger partial charge in [-0.05, 0) is 38.1 Å². The van der Waals surface area contributed by atoms with Gasteiger partial charge in [-0.3, -0.25) is 4.79 Å². The summed E-state index contributed by atoms with van der Waals surface area (Å²) in [4.78, 5) is 12.2. The molecule has 0 bridgehead atoms. The van der Waals surface area contributed by atoms with E-state index in [0.717, 1.165) is 4.31 Å². The molecule has 0 radical (unpaired) electrons. The van der Waals surface area contributed by atoms with Gasteiger partial charge < -0.3 is 5.32 Å². The lowest BCUT2D eigenvalue weighted by molar-refractivity contribution is -0.116. The maximum atomic E-state index is 12.4. The van der Waals surface area contributed by atoms with E-state index in [2.05, 4.69) is 10.4 Å². The highest BCUT2D eigenvalue weighted by molar-refractivity contribution is 7.89. The van der Waals surface area contributed by atoms with Crippen molar-refractivity contribution in [1.82, 2.24) is 14.1 Å². The monoisotopic (exact) mass is 370 g/mol. The minimum Gasteiger partial charge on any atom is -0.310 e. The Morgan fingerprint density at radius 3 is 2.50 bits per heavy atom. The molecule has 1 aromatic heterocycles. The van der Waals surface area contributed by atoms with E-state index in [4.69, 9.17) is 11.6 Å². The number of carbonyl (C=O) groups excluding carboxylic acids is 1. The molecule has 1 aromatic carbocycles. The number of hydrogen-bond donors (Lipinski definition) is 1. The van der Waals surface area contributed by atoms with Crippen LogP contribution in [0, 0.1) is 0 Å². The molecule has 24 heavy (non-hydrogen) atoms. The summed E-state index contributed by atoms with van der Waals surface area (Å²) in [5, 5.41) is 7.22. The highest BCUT2D eigenvalue weighted by Gasteiger charge is 2.23. The number of hydrogen-bond acceptors (Lipinski definition) is 4. The molecule has 0 saturated heterocycles. The maximum absolute atomic E-state index is 12.4. The molecule has 1 heterocycles. The Hall–Kier alpha value is -1.90. The van der Waals surface area contributed by atoms with Gasteiger partial charge in [-0.15, -0.1) is 0 Å². The number of carbonyl (C=O) groups is 1. The highest BCUT2D eigenvalue weighted by atomic mass is 35.5. The van der Waals surface area contributed by atoms with Crippen molar-refractivity contribution < 1.29 is 13.2 Å².